The molecule has 0 spiro atoms. The molecule has 4 N–H and O–H groups in total. The van der Waals surface area contributed by atoms with Crippen molar-refractivity contribution in [2.45, 2.75) is 30.1 Å². The van der Waals surface area contributed by atoms with Crippen LogP contribution in [0.3, 0.4) is 0 Å². The van der Waals surface area contributed by atoms with Crippen LogP contribution < -0.4 is 5.32 Å². The normalized spacial score (nSPS) is 48.7. The number of fused-ring (bicyclic) bond motifs is 2. The van der Waals surface area contributed by atoms with E-state index in [4.69, 9.17) is 10.3 Å². The van der Waals surface area contributed by atoms with Crippen LogP contribution in [0.25, 0.3) is 10.4 Å². The average Bonchev–Trinajstić information content (AvgIpc) is 2.40. The summed E-state index contributed by atoms with van der Waals surface area (Å²) in [5.41, 5.74) is 8.16. The molecule has 2 heterocycles. The van der Waals surface area contributed by atoms with Crippen molar-refractivity contribution >= 4 is 0 Å². The summed E-state index contributed by atoms with van der Waals surface area (Å²) in [5.74, 6) is -1.88. The average molecular weight is 216 g/mol. The van der Waals surface area contributed by atoms with Gasteiger partial charge < -0.3 is 25.4 Å². The van der Waals surface area contributed by atoms with Crippen LogP contribution in [0, 0.1) is 0 Å². The van der Waals surface area contributed by atoms with Crippen molar-refractivity contribution in [3.63, 3.8) is 0 Å². The van der Waals surface area contributed by atoms with Gasteiger partial charge in [0.2, 0.25) is 5.79 Å². The Labute approximate surface area is 85.1 Å². The van der Waals surface area contributed by atoms with Crippen molar-refractivity contribution in [3.05, 3.63) is 10.4 Å². The van der Waals surface area contributed by atoms with E-state index in [9.17, 15) is 15.3 Å². The van der Waals surface area contributed by atoms with E-state index >= 15 is 0 Å². The molecule has 2 fully saturated rings. The van der Waals surface area contributed by atoms with Crippen molar-refractivity contribution in [1.29, 1.82) is 0 Å². The first-order chi connectivity index (χ1) is 7.09. The van der Waals surface area contributed by atoms with Crippen molar-refractivity contribution in [2.24, 2.45) is 5.11 Å². The third kappa shape index (κ3) is 1.48. The Morgan fingerprint density at radius 1 is 1.60 bits per heavy atom. The van der Waals surface area contributed by atoms with Crippen LogP contribution in [0.5, 0.6) is 0 Å². The lowest BCUT2D eigenvalue weighted by atomic mass is 10.0. The molecule has 0 aliphatic carbocycles. The van der Waals surface area contributed by atoms with Crippen LogP contribution in [0.15, 0.2) is 5.11 Å². The van der Waals surface area contributed by atoms with Crippen molar-refractivity contribution in [2.75, 3.05) is 13.1 Å². The lowest BCUT2D eigenvalue weighted by Crippen LogP contribution is -2.61. The number of aliphatic hydroxyl groups excluding tert-OH is 2. The van der Waals surface area contributed by atoms with Gasteiger partial charge in [-0.15, -0.1) is 0 Å². The molecule has 5 atom stereocenters. The van der Waals surface area contributed by atoms with E-state index < -0.39 is 30.1 Å². The first kappa shape index (κ1) is 10.6. The molecule has 2 aliphatic heterocycles. The summed E-state index contributed by atoms with van der Waals surface area (Å²) in [6.07, 6.45) is -3.15. The summed E-state index contributed by atoms with van der Waals surface area (Å²) in [7, 11) is 0. The number of nitrogens with zero attached hydrogens (tertiary/aromatic N) is 3. The molecule has 0 aromatic carbocycles. The van der Waals surface area contributed by atoms with Gasteiger partial charge in [0.05, 0.1) is 6.04 Å². The number of hydrogen-bond acceptors (Lipinski definition) is 6. The molecule has 15 heavy (non-hydrogen) atoms. The van der Waals surface area contributed by atoms with Crippen LogP contribution in [0.1, 0.15) is 0 Å². The predicted octanol–water partition coefficient (Wildman–Crippen LogP) is -1.92. The highest BCUT2D eigenvalue weighted by atomic mass is 16.7. The van der Waals surface area contributed by atoms with Gasteiger partial charge in [-0.2, -0.15) is 0 Å². The molecule has 2 aliphatic rings. The Morgan fingerprint density at radius 2 is 2.33 bits per heavy atom. The summed E-state index contributed by atoms with van der Waals surface area (Å²) in [6.45, 7) is 0.246. The van der Waals surface area contributed by atoms with Gasteiger partial charge in [-0.05, 0) is 5.53 Å². The first-order valence-electron chi connectivity index (χ1n) is 4.60. The Hall–Kier alpha value is -0.890. The van der Waals surface area contributed by atoms with E-state index in [2.05, 4.69) is 15.3 Å². The van der Waals surface area contributed by atoms with Crippen molar-refractivity contribution in [1.82, 2.24) is 5.32 Å². The number of hydrogen-bond donors (Lipinski definition) is 4. The maximum Gasteiger partial charge on any atom is 0.211 e. The molecule has 84 valence electrons. The summed E-state index contributed by atoms with van der Waals surface area (Å²) in [4.78, 5) is 2.56. The SMILES string of the molecule is [N-]=[N+]=NC[C@H]1NC[C@@H]2O[C@@]1(O)[C@@H](O)[C@@H]2O. The quantitative estimate of drug-likeness (QED) is 0.243. The molecule has 0 amide bonds. The lowest BCUT2D eigenvalue weighted by Gasteiger charge is -2.37. The van der Waals surface area contributed by atoms with E-state index in [1.807, 2.05) is 0 Å². The fourth-order valence-corrected chi connectivity index (χ4v) is 2.00. The summed E-state index contributed by atoms with van der Waals surface area (Å²) in [6, 6.07) is -0.711. The number of aliphatic hydroxyl groups is 3. The molecule has 2 bridgehead atoms. The number of ether oxygens (including phenoxy) is 1. The zero-order valence-electron chi connectivity index (χ0n) is 7.82. The molecule has 8 heteroatoms. The third-order valence-electron chi connectivity index (χ3n) is 2.86. The van der Waals surface area contributed by atoms with Gasteiger partial charge in [0.1, 0.15) is 18.3 Å². The van der Waals surface area contributed by atoms with Gasteiger partial charge in [-0.1, -0.05) is 5.11 Å². The van der Waals surface area contributed by atoms with Crippen molar-refractivity contribution in [3.8, 4) is 0 Å². The highest BCUT2D eigenvalue weighted by molar-refractivity contribution is 5.07. The summed E-state index contributed by atoms with van der Waals surface area (Å²) in [5, 5.41) is 35.2. The Morgan fingerprint density at radius 3 is 3.00 bits per heavy atom. The van der Waals surface area contributed by atoms with E-state index in [0.29, 0.717) is 6.54 Å². The van der Waals surface area contributed by atoms with Crippen LogP contribution in [-0.2, 0) is 4.74 Å². The largest absolute Gasteiger partial charge is 0.387 e. The van der Waals surface area contributed by atoms with Gasteiger partial charge in [-0.3, -0.25) is 0 Å². The van der Waals surface area contributed by atoms with E-state index in [-0.39, 0.29) is 6.54 Å². The lowest BCUT2D eigenvalue weighted by molar-refractivity contribution is -0.256. The fraction of sp³-hybridized carbons (Fsp3) is 1.00. The Bertz CT molecular complexity index is 307. The molecule has 0 radical (unpaired) electrons. The monoisotopic (exact) mass is 216 g/mol. The minimum Gasteiger partial charge on any atom is -0.387 e. The van der Waals surface area contributed by atoms with Gasteiger partial charge in [0.25, 0.3) is 0 Å². The number of morpholine rings is 1. The minimum atomic E-state index is -1.88. The minimum absolute atomic E-state index is 0.0521. The van der Waals surface area contributed by atoms with E-state index in [1.54, 1.807) is 0 Å². The molecular formula is C7H12N4O4. The fourth-order valence-electron chi connectivity index (χ4n) is 2.00. The van der Waals surface area contributed by atoms with Crippen LogP contribution in [-0.4, -0.2) is 58.5 Å². The number of rotatable bonds is 2. The molecule has 2 rings (SSSR count). The Kier molecular flexibility index (Phi) is 2.55. The van der Waals surface area contributed by atoms with Gasteiger partial charge in [-0.25, -0.2) is 0 Å². The zero-order valence-corrected chi connectivity index (χ0v) is 7.82. The van der Waals surface area contributed by atoms with E-state index in [1.165, 1.54) is 0 Å². The van der Waals surface area contributed by atoms with Gasteiger partial charge in [0.15, 0.2) is 0 Å². The number of nitrogens with one attached hydrogen (secondary N) is 1. The smallest absolute Gasteiger partial charge is 0.211 e. The molecular weight excluding hydrogens is 204 g/mol. The second-order valence-corrected chi connectivity index (χ2v) is 3.72. The maximum absolute atomic E-state index is 9.97. The molecule has 2 saturated heterocycles. The van der Waals surface area contributed by atoms with Crippen LogP contribution >= 0.6 is 0 Å². The van der Waals surface area contributed by atoms with Crippen LogP contribution in [0.4, 0.5) is 0 Å². The standard InChI is InChI=1S/C7H12N4O4/c8-11-10-2-4-7(14)6(13)5(12)3(15-7)1-9-4/h3-6,9,12-14H,1-2H2/t3-,4+,5+,6-,7+/m0/s1. The molecule has 8 nitrogen and oxygen atoms in total. The first-order valence-corrected chi connectivity index (χ1v) is 4.60. The second-order valence-electron chi connectivity index (χ2n) is 3.72. The zero-order chi connectivity index (χ0) is 11.1. The third-order valence-corrected chi connectivity index (χ3v) is 2.86. The van der Waals surface area contributed by atoms with E-state index in [0.717, 1.165) is 0 Å². The predicted molar refractivity (Wildman–Crippen MR) is 47.6 cm³/mol. The summed E-state index contributed by atoms with van der Waals surface area (Å²) >= 11 is 0. The molecule has 0 aromatic rings. The van der Waals surface area contributed by atoms with Crippen LogP contribution in [0.2, 0.25) is 0 Å². The maximum atomic E-state index is 9.97. The van der Waals surface area contributed by atoms with Crippen molar-refractivity contribution < 1.29 is 20.1 Å². The number of azide groups is 1. The highest BCUT2D eigenvalue weighted by Crippen LogP contribution is 2.35. The summed E-state index contributed by atoms with van der Waals surface area (Å²) < 4.78 is 5.13. The second kappa shape index (κ2) is 3.60. The Balaban J connectivity index is 2.19. The molecule has 0 aromatic heterocycles. The highest BCUT2D eigenvalue weighted by Gasteiger charge is 2.59. The molecule has 0 unspecified atom stereocenters. The topological polar surface area (TPSA) is 131 Å². The van der Waals surface area contributed by atoms with Gasteiger partial charge >= 0.3 is 0 Å². The van der Waals surface area contributed by atoms with Gasteiger partial charge in [0, 0.05) is 18.0 Å². The molecule has 0 saturated carbocycles.